The van der Waals surface area contributed by atoms with Gasteiger partial charge in [0.25, 0.3) is 5.91 Å². The van der Waals surface area contributed by atoms with Gasteiger partial charge in [0.15, 0.2) is 0 Å². The first-order chi connectivity index (χ1) is 14.1. The highest BCUT2D eigenvalue weighted by Gasteiger charge is 2.33. The molecule has 2 amide bonds. The van der Waals surface area contributed by atoms with Gasteiger partial charge in [0.05, 0.1) is 12.2 Å². The number of benzene rings is 2. The number of ether oxygens (including phenoxy) is 1. The summed E-state index contributed by atoms with van der Waals surface area (Å²) in [6.45, 7) is 4.05. The van der Waals surface area contributed by atoms with Crippen molar-refractivity contribution in [2.45, 2.75) is 31.7 Å². The summed E-state index contributed by atoms with van der Waals surface area (Å²) < 4.78 is 5.49. The molecule has 3 rings (SSSR count). The molecule has 6 nitrogen and oxygen atoms in total. The van der Waals surface area contributed by atoms with E-state index in [1.807, 2.05) is 36.1 Å². The maximum absolute atomic E-state index is 12.6. The molecule has 1 aliphatic heterocycles. The molecule has 7 heteroatoms. The second-order valence-corrected chi connectivity index (χ2v) is 7.27. The predicted octanol–water partition coefficient (Wildman–Crippen LogP) is 2.97. The molecule has 1 fully saturated rings. The van der Waals surface area contributed by atoms with Gasteiger partial charge in [-0.2, -0.15) is 0 Å². The SMILES string of the molecule is CCOc1ccccc1C(=O)NCCCC(=O)N1C[C@@H](N)[C@H](c2ccccc2)C1.Cl. The number of likely N-dealkylation sites (tertiary alicyclic amines) is 1. The van der Waals surface area contributed by atoms with Crippen molar-refractivity contribution in [2.75, 3.05) is 26.2 Å². The molecular formula is C23H30ClN3O3. The van der Waals surface area contributed by atoms with E-state index in [9.17, 15) is 9.59 Å². The summed E-state index contributed by atoms with van der Waals surface area (Å²) in [6.07, 6.45) is 0.977. The second kappa shape index (κ2) is 11.6. The summed E-state index contributed by atoms with van der Waals surface area (Å²) in [5.41, 5.74) is 7.96. The third-order valence-corrected chi connectivity index (χ3v) is 5.23. The van der Waals surface area contributed by atoms with Crippen molar-refractivity contribution in [3.05, 3.63) is 65.7 Å². The van der Waals surface area contributed by atoms with Crippen molar-refractivity contribution in [1.82, 2.24) is 10.2 Å². The number of rotatable bonds is 8. The standard InChI is InChI=1S/C23H29N3O3.ClH/c1-2-29-21-12-7-6-11-18(21)23(28)25-14-8-13-22(27)26-15-19(20(24)16-26)17-9-4-3-5-10-17;/h3-7,9-12,19-20H,2,8,13-16,24H2,1H3,(H,25,28);1H/t19-,20+;/m0./s1. The van der Waals surface area contributed by atoms with Crippen molar-refractivity contribution < 1.29 is 14.3 Å². The molecule has 0 radical (unpaired) electrons. The van der Waals surface area contributed by atoms with Crippen molar-refractivity contribution in [3.63, 3.8) is 0 Å². The number of hydrogen-bond donors (Lipinski definition) is 2. The number of nitrogens with two attached hydrogens (primary N) is 1. The molecule has 1 aliphatic rings. The van der Waals surface area contributed by atoms with Gasteiger partial charge < -0.3 is 20.7 Å². The van der Waals surface area contributed by atoms with Crippen LogP contribution in [0.15, 0.2) is 54.6 Å². The first-order valence-electron chi connectivity index (χ1n) is 10.2. The van der Waals surface area contributed by atoms with Crippen molar-refractivity contribution >= 4 is 24.2 Å². The maximum atomic E-state index is 12.6. The Bertz CT molecular complexity index is 831. The lowest BCUT2D eigenvalue weighted by molar-refractivity contribution is -0.130. The average molecular weight is 432 g/mol. The lowest BCUT2D eigenvalue weighted by Crippen LogP contribution is -2.33. The highest BCUT2D eigenvalue weighted by Crippen LogP contribution is 2.26. The van der Waals surface area contributed by atoms with Gasteiger partial charge in [-0.25, -0.2) is 0 Å². The Labute approximate surface area is 184 Å². The lowest BCUT2D eigenvalue weighted by Gasteiger charge is -2.16. The van der Waals surface area contributed by atoms with E-state index in [4.69, 9.17) is 10.5 Å². The molecule has 1 saturated heterocycles. The Morgan fingerprint density at radius 1 is 1.10 bits per heavy atom. The molecule has 162 valence electrons. The molecular weight excluding hydrogens is 402 g/mol. The number of hydrogen-bond acceptors (Lipinski definition) is 4. The van der Waals surface area contributed by atoms with Crippen LogP contribution in [0.5, 0.6) is 5.75 Å². The van der Waals surface area contributed by atoms with Crippen molar-refractivity contribution in [3.8, 4) is 5.75 Å². The Hall–Kier alpha value is -2.57. The molecule has 3 N–H and O–H groups in total. The Morgan fingerprint density at radius 3 is 2.53 bits per heavy atom. The molecule has 30 heavy (non-hydrogen) atoms. The fourth-order valence-electron chi connectivity index (χ4n) is 3.72. The molecule has 1 heterocycles. The van der Waals surface area contributed by atoms with Gasteiger partial charge in [-0.05, 0) is 31.0 Å². The normalized spacial score (nSPS) is 17.9. The average Bonchev–Trinajstić information content (AvgIpc) is 3.14. The second-order valence-electron chi connectivity index (χ2n) is 7.27. The summed E-state index contributed by atoms with van der Waals surface area (Å²) in [7, 11) is 0. The molecule has 2 aromatic carbocycles. The largest absolute Gasteiger partial charge is 0.493 e. The van der Waals surface area contributed by atoms with E-state index >= 15 is 0 Å². The topological polar surface area (TPSA) is 84.7 Å². The van der Waals surface area contributed by atoms with Gasteiger partial charge in [0.2, 0.25) is 5.91 Å². The Balaban J connectivity index is 0.00000320. The minimum atomic E-state index is -0.186. The van der Waals surface area contributed by atoms with Crippen LogP contribution in [-0.4, -0.2) is 49.0 Å². The number of carbonyl (C=O) groups excluding carboxylic acids is 2. The van der Waals surface area contributed by atoms with Gasteiger partial charge in [-0.15, -0.1) is 12.4 Å². The Morgan fingerprint density at radius 2 is 1.80 bits per heavy atom. The van der Waals surface area contributed by atoms with Crippen LogP contribution in [0.1, 0.15) is 41.6 Å². The van der Waals surface area contributed by atoms with E-state index in [1.54, 1.807) is 18.2 Å². The molecule has 0 aromatic heterocycles. The monoisotopic (exact) mass is 431 g/mol. The van der Waals surface area contributed by atoms with Gasteiger partial charge >= 0.3 is 0 Å². The molecule has 2 aromatic rings. The van der Waals surface area contributed by atoms with Crippen LogP contribution in [0.4, 0.5) is 0 Å². The van der Waals surface area contributed by atoms with E-state index in [0.29, 0.717) is 50.4 Å². The highest BCUT2D eigenvalue weighted by atomic mass is 35.5. The summed E-state index contributed by atoms with van der Waals surface area (Å²) >= 11 is 0. The van der Waals surface area contributed by atoms with E-state index in [1.165, 1.54) is 5.56 Å². The molecule has 0 unspecified atom stereocenters. The van der Waals surface area contributed by atoms with Crippen molar-refractivity contribution in [2.24, 2.45) is 5.73 Å². The molecule has 0 spiro atoms. The summed E-state index contributed by atoms with van der Waals surface area (Å²) in [5.74, 6) is 0.646. The minimum Gasteiger partial charge on any atom is -0.493 e. The zero-order valence-electron chi connectivity index (χ0n) is 17.3. The van der Waals surface area contributed by atoms with Crippen LogP contribution in [0.2, 0.25) is 0 Å². The predicted molar refractivity (Wildman–Crippen MR) is 120 cm³/mol. The van der Waals surface area contributed by atoms with Crippen LogP contribution >= 0.6 is 12.4 Å². The van der Waals surface area contributed by atoms with E-state index < -0.39 is 0 Å². The molecule has 0 aliphatic carbocycles. The number of nitrogens with zero attached hydrogens (tertiary/aromatic N) is 1. The van der Waals surface area contributed by atoms with E-state index in [-0.39, 0.29) is 36.2 Å². The highest BCUT2D eigenvalue weighted by molar-refractivity contribution is 5.96. The fraction of sp³-hybridized carbons (Fsp3) is 0.391. The van der Waals surface area contributed by atoms with Crippen LogP contribution in [0, 0.1) is 0 Å². The number of amides is 2. The molecule has 0 saturated carbocycles. The first-order valence-corrected chi connectivity index (χ1v) is 10.2. The third-order valence-electron chi connectivity index (χ3n) is 5.23. The number of nitrogens with one attached hydrogen (secondary N) is 1. The number of carbonyl (C=O) groups is 2. The maximum Gasteiger partial charge on any atom is 0.255 e. The lowest BCUT2D eigenvalue weighted by atomic mass is 9.95. The number of para-hydroxylation sites is 1. The van der Waals surface area contributed by atoms with Gasteiger partial charge in [-0.1, -0.05) is 42.5 Å². The van der Waals surface area contributed by atoms with Gasteiger partial charge in [-0.3, -0.25) is 9.59 Å². The summed E-state index contributed by atoms with van der Waals surface area (Å²) in [5, 5.41) is 2.87. The van der Waals surface area contributed by atoms with Crippen molar-refractivity contribution in [1.29, 1.82) is 0 Å². The molecule has 2 atom stereocenters. The zero-order chi connectivity index (χ0) is 20.6. The molecule has 0 bridgehead atoms. The minimum absolute atomic E-state index is 0. The van der Waals surface area contributed by atoms with Crippen LogP contribution in [0.3, 0.4) is 0 Å². The zero-order valence-corrected chi connectivity index (χ0v) is 18.1. The van der Waals surface area contributed by atoms with Gasteiger partial charge in [0, 0.05) is 38.0 Å². The van der Waals surface area contributed by atoms with Crippen LogP contribution < -0.4 is 15.8 Å². The first kappa shape index (κ1) is 23.7. The number of halogens is 1. The van der Waals surface area contributed by atoms with Crippen LogP contribution in [-0.2, 0) is 4.79 Å². The Kier molecular flexibility index (Phi) is 9.15. The summed E-state index contributed by atoms with van der Waals surface area (Å²) in [6, 6.07) is 17.2. The van der Waals surface area contributed by atoms with E-state index in [0.717, 1.165) is 0 Å². The smallest absolute Gasteiger partial charge is 0.255 e. The van der Waals surface area contributed by atoms with E-state index in [2.05, 4.69) is 17.4 Å². The fourth-order valence-corrected chi connectivity index (χ4v) is 3.72. The quantitative estimate of drug-likeness (QED) is 0.629. The van der Waals surface area contributed by atoms with Gasteiger partial charge in [0.1, 0.15) is 5.75 Å². The third kappa shape index (κ3) is 5.97. The summed E-state index contributed by atoms with van der Waals surface area (Å²) in [4.78, 5) is 26.8. The van der Waals surface area contributed by atoms with Crippen LogP contribution in [0.25, 0.3) is 0 Å².